The van der Waals surface area contributed by atoms with Crippen LogP contribution < -0.4 is 0 Å². The molecule has 5 atom stereocenters. The second-order valence-corrected chi connectivity index (χ2v) is 11.6. The highest BCUT2D eigenvalue weighted by Crippen LogP contribution is 2.83. The van der Waals surface area contributed by atoms with Gasteiger partial charge in [0.05, 0.1) is 5.66 Å². The van der Waals surface area contributed by atoms with Crippen molar-refractivity contribution in [2.45, 2.75) is 25.8 Å². The molecule has 22 heavy (non-hydrogen) atoms. The topological polar surface area (TPSA) is 35.5 Å². The summed E-state index contributed by atoms with van der Waals surface area (Å²) < 4.78 is 10.9. The van der Waals surface area contributed by atoms with Crippen molar-refractivity contribution in [3.05, 3.63) is 41.5 Å². The average molecular weight is 334 g/mol. The number of rotatable bonds is 2. The molecule has 5 heteroatoms. The molecule has 3 heterocycles. The van der Waals surface area contributed by atoms with Gasteiger partial charge >= 0.3 is 5.97 Å². The van der Waals surface area contributed by atoms with Crippen molar-refractivity contribution in [2.75, 3.05) is 13.3 Å². The molecule has 2 saturated heterocycles. The van der Waals surface area contributed by atoms with E-state index in [1.54, 1.807) is 7.11 Å². The zero-order valence-electron chi connectivity index (χ0n) is 12.9. The third-order valence-corrected chi connectivity index (χ3v) is 11.2. The summed E-state index contributed by atoms with van der Waals surface area (Å²) in [6.07, 6.45) is 0.481. The van der Waals surface area contributed by atoms with Crippen LogP contribution in [0, 0.1) is 11.3 Å². The highest BCUT2D eigenvalue weighted by atomic mass is 32.4. The Morgan fingerprint density at radius 2 is 2.05 bits per heavy atom. The van der Waals surface area contributed by atoms with Crippen LogP contribution >= 0.6 is 6.04 Å². The van der Waals surface area contributed by atoms with E-state index in [0.29, 0.717) is 0 Å². The molecule has 0 spiro atoms. The van der Waals surface area contributed by atoms with Crippen molar-refractivity contribution < 1.29 is 14.3 Å². The van der Waals surface area contributed by atoms with Gasteiger partial charge < -0.3 is 9.47 Å². The molecule has 3 nitrogen and oxygen atoms in total. The predicted molar refractivity (Wildman–Crippen MR) is 90.5 cm³/mol. The Hall–Kier alpha value is -0.960. The molecule has 4 unspecified atom stereocenters. The Balaban J connectivity index is 1.94. The Labute approximate surface area is 135 Å². The van der Waals surface area contributed by atoms with Crippen molar-refractivity contribution in [1.29, 1.82) is 0 Å². The summed E-state index contributed by atoms with van der Waals surface area (Å²) in [5, 5.41) is 1.26. The van der Waals surface area contributed by atoms with E-state index in [-0.39, 0.29) is 23.0 Å². The van der Waals surface area contributed by atoms with E-state index < -0.39 is 12.3 Å². The average Bonchev–Trinajstić information content (AvgIpc) is 3.03. The van der Waals surface area contributed by atoms with E-state index in [9.17, 15) is 4.79 Å². The monoisotopic (exact) mass is 334 g/mol. The van der Waals surface area contributed by atoms with Gasteiger partial charge in [-0.15, -0.1) is 0 Å². The Bertz CT molecular complexity index is 742. The number of fused-ring (bicyclic) bond motifs is 5. The first-order valence-corrected chi connectivity index (χ1v) is 10.6. The zero-order valence-corrected chi connectivity index (χ0v) is 14.6. The van der Waals surface area contributed by atoms with E-state index >= 15 is 0 Å². The third kappa shape index (κ3) is 1.56. The first-order chi connectivity index (χ1) is 10.4. The summed E-state index contributed by atoms with van der Waals surface area (Å²) in [6.45, 7) is 4.42. The van der Waals surface area contributed by atoms with Gasteiger partial charge in [0.2, 0.25) is 6.29 Å². The van der Waals surface area contributed by atoms with Crippen LogP contribution in [0.2, 0.25) is 0 Å². The quantitative estimate of drug-likeness (QED) is 0.613. The van der Waals surface area contributed by atoms with E-state index in [1.807, 2.05) is 18.2 Å². The summed E-state index contributed by atoms with van der Waals surface area (Å²) in [7, 11) is 1.61. The van der Waals surface area contributed by atoms with Gasteiger partial charge in [-0.2, -0.15) is 0 Å². The van der Waals surface area contributed by atoms with Crippen LogP contribution in [0.3, 0.4) is 0 Å². The predicted octanol–water partition coefficient (Wildman–Crippen LogP) is 3.44. The minimum absolute atomic E-state index is 0.0725. The van der Waals surface area contributed by atoms with Crippen LogP contribution in [0.25, 0.3) is 5.31 Å². The molecule has 2 bridgehead atoms. The van der Waals surface area contributed by atoms with Gasteiger partial charge in [0.15, 0.2) is 0 Å². The first kappa shape index (κ1) is 14.6. The zero-order chi connectivity index (χ0) is 15.7. The normalized spacial score (nSPS) is 42.7. The maximum absolute atomic E-state index is 12.5. The maximum atomic E-state index is 12.5. The van der Waals surface area contributed by atoms with Crippen molar-refractivity contribution in [3.8, 4) is 0 Å². The lowest BCUT2D eigenvalue weighted by Crippen LogP contribution is -2.37. The van der Waals surface area contributed by atoms with Gasteiger partial charge in [-0.1, -0.05) is 54.6 Å². The second kappa shape index (κ2) is 4.53. The molecule has 116 valence electrons. The maximum Gasteiger partial charge on any atom is 0.317 e. The Morgan fingerprint density at radius 3 is 2.68 bits per heavy atom. The molecule has 3 aliphatic rings. The number of benzene rings is 1. The van der Waals surface area contributed by atoms with E-state index in [2.05, 4.69) is 26.0 Å². The molecular weight excluding hydrogens is 315 g/mol. The molecule has 1 aromatic carbocycles. The summed E-state index contributed by atoms with van der Waals surface area (Å²) in [5.74, 6) is -0.0758. The van der Waals surface area contributed by atoms with Crippen LogP contribution in [-0.2, 0) is 26.1 Å². The molecule has 0 radical (unpaired) electrons. The largest absolute Gasteiger partial charge is 0.435 e. The number of ether oxygens (including phenoxy) is 2. The Morgan fingerprint density at radius 1 is 1.36 bits per heavy atom. The lowest BCUT2D eigenvalue weighted by atomic mass is 9.71. The van der Waals surface area contributed by atoms with Crippen LogP contribution in [0.1, 0.15) is 19.4 Å². The van der Waals surface area contributed by atoms with E-state index in [0.717, 1.165) is 6.16 Å². The SMILES string of the molecule is CO[C@@H]1OC(=O)C2C1C1(C)CP2(=S)C(c2ccccc2)=C1C. The number of hydrogen-bond donors (Lipinski definition) is 0. The van der Waals surface area contributed by atoms with Gasteiger partial charge in [0.25, 0.3) is 0 Å². The molecule has 3 aliphatic heterocycles. The molecule has 0 saturated carbocycles. The Kier molecular flexibility index (Phi) is 3.01. The lowest BCUT2D eigenvalue weighted by molar-refractivity contribution is -0.164. The summed E-state index contributed by atoms with van der Waals surface area (Å²) in [6, 6.07) is 8.32. The highest BCUT2D eigenvalue weighted by molar-refractivity contribution is 8.20. The molecule has 0 aromatic heterocycles. The van der Waals surface area contributed by atoms with E-state index in [4.69, 9.17) is 21.3 Å². The minimum atomic E-state index is -1.98. The number of carbonyl (C=O) groups excluding carboxylic acids is 1. The van der Waals surface area contributed by atoms with Crippen molar-refractivity contribution in [3.63, 3.8) is 0 Å². The fourth-order valence-electron chi connectivity index (χ4n) is 4.69. The van der Waals surface area contributed by atoms with Crippen molar-refractivity contribution in [1.82, 2.24) is 0 Å². The standard InChI is InChI=1S/C17H19O3PS/c1-10-13(11-7-5-4-6-8-11)21(22)9-17(10,2)12-14(21)15(18)20-16(12)19-3/h4-8,12,14,16H,9H2,1-3H3/t12?,14?,16-,17?,21?/m1/s1. The number of hydrogen-bond acceptors (Lipinski definition) is 4. The number of cyclic esters (lactones) is 1. The van der Waals surface area contributed by atoms with Crippen LogP contribution in [0.4, 0.5) is 0 Å². The van der Waals surface area contributed by atoms with Gasteiger partial charge in [-0.25, -0.2) is 0 Å². The molecule has 0 aliphatic carbocycles. The van der Waals surface area contributed by atoms with Gasteiger partial charge in [0, 0.05) is 18.4 Å². The molecule has 1 aromatic rings. The summed E-state index contributed by atoms with van der Waals surface area (Å²) >= 11 is 6.17. The fraction of sp³-hybridized carbons (Fsp3) is 0.471. The van der Waals surface area contributed by atoms with Crippen LogP contribution in [0.15, 0.2) is 35.9 Å². The van der Waals surface area contributed by atoms with Crippen LogP contribution in [-0.4, -0.2) is 31.2 Å². The van der Waals surface area contributed by atoms with Gasteiger partial charge in [0.1, 0.15) is 0 Å². The van der Waals surface area contributed by atoms with Crippen molar-refractivity contribution >= 4 is 29.1 Å². The van der Waals surface area contributed by atoms with Gasteiger partial charge in [-0.3, -0.25) is 4.79 Å². The summed E-state index contributed by atoms with van der Waals surface area (Å²) in [4.78, 5) is 12.5. The van der Waals surface area contributed by atoms with Gasteiger partial charge in [-0.05, 0) is 30.0 Å². The lowest BCUT2D eigenvalue weighted by Gasteiger charge is -2.35. The molecule has 0 amide bonds. The molecule has 0 N–H and O–H groups in total. The fourth-order valence-corrected chi connectivity index (χ4v) is 11.7. The first-order valence-electron chi connectivity index (χ1n) is 7.53. The molecular formula is C17H19O3PS. The number of carbonyl (C=O) groups is 1. The van der Waals surface area contributed by atoms with Crippen LogP contribution in [0.5, 0.6) is 0 Å². The molecule has 4 rings (SSSR count). The minimum Gasteiger partial charge on any atom is -0.435 e. The smallest absolute Gasteiger partial charge is 0.317 e. The van der Waals surface area contributed by atoms with E-state index in [1.165, 1.54) is 16.5 Å². The number of esters is 1. The molecule has 2 fully saturated rings. The van der Waals surface area contributed by atoms with Crippen molar-refractivity contribution in [2.24, 2.45) is 11.3 Å². The number of allylic oxidation sites excluding steroid dienone is 1. The number of methoxy groups -OCH3 is 1. The third-order valence-electron chi connectivity index (χ3n) is 5.73. The summed E-state index contributed by atoms with van der Waals surface area (Å²) in [5.41, 5.74) is 2.26. The highest BCUT2D eigenvalue weighted by Gasteiger charge is 2.70. The second-order valence-electron chi connectivity index (χ2n) is 6.72.